The highest BCUT2D eigenvalue weighted by molar-refractivity contribution is 7.81. The van der Waals surface area contributed by atoms with Crippen molar-refractivity contribution in [2.75, 3.05) is 11.6 Å². The Morgan fingerprint density at radius 3 is 1.96 bits per heavy atom. The Morgan fingerprint density at radius 2 is 1.48 bits per heavy atom. The van der Waals surface area contributed by atoms with Gasteiger partial charge in [-0.3, -0.25) is 14.6 Å². The zero-order chi connectivity index (χ0) is 19.7. The Labute approximate surface area is 153 Å². The van der Waals surface area contributed by atoms with Crippen molar-refractivity contribution < 1.29 is 47.6 Å². The van der Waals surface area contributed by atoms with Gasteiger partial charge in [-0.15, -0.1) is 0 Å². The van der Waals surface area contributed by atoms with Crippen molar-refractivity contribution in [3.63, 3.8) is 0 Å². The molecular formula is C15H17NO10S. The van der Waals surface area contributed by atoms with E-state index >= 15 is 0 Å². The van der Waals surface area contributed by atoms with E-state index < -0.39 is 34.6 Å². The van der Waals surface area contributed by atoms with Gasteiger partial charge in [-0.2, -0.15) is 8.42 Å². The van der Waals surface area contributed by atoms with E-state index in [0.29, 0.717) is 10.8 Å². The van der Waals surface area contributed by atoms with Crippen molar-refractivity contribution in [2.45, 2.75) is 0 Å². The normalized spacial score (nSPS) is 9.85. The summed E-state index contributed by atoms with van der Waals surface area (Å²) in [5.74, 6) is -2.84. The molecule has 0 heterocycles. The number of hydrogen-bond acceptors (Lipinski definition) is 7. The first-order valence-electron chi connectivity index (χ1n) is 6.82. The van der Waals surface area contributed by atoms with E-state index in [4.69, 9.17) is 20.0 Å². The van der Waals surface area contributed by atoms with Gasteiger partial charge in [0, 0.05) is 0 Å². The van der Waals surface area contributed by atoms with Crippen LogP contribution in [0.4, 0.5) is 5.69 Å². The monoisotopic (exact) mass is 403 g/mol. The van der Waals surface area contributed by atoms with Crippen molar-refractivity contribution in [3.8, 4) is 5.75 Å². The predicted molar refractivity (Wildman–Crippen MR) is 92.4 cm³/mol. The van der Waals surface area contributed by atoms with Crippen LogP contribution in [-0.2, 0) is 15.2 Å². The summed E-state index contributed by atoms with van der Waals surface area (Å²) in [6.45, 7) is -0.413. The standard InChI is InChI=1S/C8H9NO3.C7H6O6S.H2O/c10-8(11)6-9(12)7-4-2-1-3-5-7;8-7(9)5-3-1-2-4-6(5)13-14(10,11)12;/h1-5,12H,6H2,(H,10,11);1-4H,(H,8,9)(H,10,11,12);1H2. The van der Waals surface area contributed by atoms with E-state index in [1.54, 1.807) is 30.3 Å². The maximum Gasteiger partial charge on any atom is 0.446 e. The Hall–Kier alpha value is -3.19. The van der Waals surface area contributed by atoms with Crippen LogP contribution in [0.15, 0.2) is 54.6 Å². The van der Waals surface area contributed by atoms with Crippen molar-refractivity contribution in [2.24, 2.45) is 0 Å². The molecular weight excluding hydrogens is 386 g/mol. The number of hydroxylamine groups is 1. The Balaban J connectivity index is 0.000000488. The average molecular weight is 403 g/mol. The van der Waals surface area contributed by atoms with Crippen LogP contribution in [0.3, 0.4) is 0 Å². The van der Waals surface area contributed by atoms with Crippen LogP contribution in [0, 0.1) is 0 Å². The number of anilines is 1. The largest absolute Gasteiger partial charge is 0.480 e. The van der Waals surface area contributed by atoms with Crippen LogP contribution in [0.25, 0.3) is 0 Å². The number of carboxylic acids is 2. The second-order valence-electron chi connectivity index (χ2n) is 4.60. The van der Waals surface area contributed by atoms with Gasteiger partial charge in [-0.25, -0.2) is 9.86 Å². The Kier molecular flexibility index (Phi) is 9.46. The van der Waals surface area contributed by atoms with Gasteiger partial charge < -0.3 is 19.9 Å². The Bertz CT molecular complexity index is 854. The van der Waals surface area contributed by atoms with Crippen LogP contribution >= 0.6 is 0 Å². The molecule has 148 valence electrons. The van der Waals surface area contributed by atoms with E-state index in [2.05, 4.69) is 4.18 Å². The third-order valence-corrected chi connectivity index (χ3v) is 3.04. The molecule has 0 aliphatic carbocycles. The van der Waals surface area contributed by atoms with Gasteiger partial charge >= 0.3 is 22.3 Å². The maximum atomic E-state index is 10.6. The lowest BCUT2D eigenvalue weighted by Gasteiger charge is -2.13. The molecule has 6 N–H and O–H groups in total. The van der Waals surface area contributed by atoms with Gasteiger partial charge in [0.2, 0.25) is 0 Å². The first-order valence-corrected chi connectivity index (χ1v) is 8.19. The van der Waals surface area contributed by atoms with Crippen LogP contribution in [-0.4, -0.2) is 52.4 Å². The van der Waals surface area contributed by atoms with Gasteiger partial charge in [0.15, 0.2) is 5.75 Å². The van der Waals surface area contributed by atoms with Gasteiger partial charge in [0.1, 0.15) is 12.1 Å². The highest BCUT2D eigenvalue weighted by Crippen LogP contribution is 2.18. The van der Waals surface area contributed by atoms with Gasteiger partial charge in [0.25, 0.3) is 0 Å². The number of carbonyl (C=O) groups is 2. The molecule has 11 nitrogen and oxygen atoms in total. The molecule has 0 radical (unpaired) electrons. The van der Waals surface area contributed by atoms with Gasteiger partial charge in [0.05, 0.1) is 5.69 Å². The fourth-order valence-electron chi connectivity index (χ4n) is 1.65. The Morgan fingerprint density at radius 1 is 0.963 bits per heavy atom. The third kappa shape index (κ3) is 9.18. The molecule has 0 aromatic heterocycles. The van der Waals surface area contributed by atoms with Crippen LogP contribution in [0.2, 0.25) is 0 Å². The molecule has 0 saturated heterocycles. The summed E-state index contributed by atoms with van der Waals surface area (Å²) >= 11 is 0. The number of hydrogen-bond donors (Lipinski definition) is 4. The molecule has 0 amide bonds. The number of aromatic carboxylic acids is 1. The molecule has 0 unspecified atom stereocenters. The van der Waals surface area contributed by atoms with Crippen molar-refractivity contribution >= 4 is 28.0 Å². The quantitative estimate of drug-likeness (QED) is 0.394. The summed E-state index contributed by atoms with van der Waals surface area (Å²) in [5, 5.41) is 26.8. The highest BCUT2D eigenvalue weighted by Gasteiger charge is 2.15. The summed E-state index contributed by atoms with van der Waals surface area (Å²) in [7, 11) is -4.70. The van der Waals surface area contributed by atoms with Crippen molar-refractivity contribution in [1.29, 1.82) is 0 Å². The molecule has 12 heteroatoms. The number of benzene rings is 2. The molecule has 0 aliphatic heterocycles. The number of carboxylic acid groups (broad SMARTS) is 2. The first-order chi connectivity index (χ1) is 12.1. The molecule has 0 fully saturated rings. The summed E-state index contributed by atoms with van der Waals surface area (Å²) in [5.41, 5.74) is 0.130. The van der Waals surface area contributed by atoms with Gasteiger partial charge in [-0.1, -0.05) is 30.3 Å². The van der Waals surface area contributed by atoms with E-state index in [1.165, 1.54) is 12.1 Å². The average Bonchev–Trinajstić information content (AvgIpc) is 2.54. The second kappa shape index (κ2) is 10.7. The second-order valence-corrected chi connectivity index (χ2v) is 5.62. The third-order valence-electron chi connectivity index (χ3n) is 2.65. The number of para-hydroxylation sites is 2. The SMILES string of the molecule is O.O=C(O)CN(O)c1ccccc1.O=C(O)c1ccccc1OS(=O)(=O)O. The zero-order valence-electron chi connectivity index (χ0n) is 13.6. The minimum absolute atomic E-state index is 0. The van der Waals surface area contributed by atoms with Crippen LogP contribution < -0.4 is 9.25 Å². The topological polar surface area (TPSA) is 193 Å². The van der Waals surface area contributed by atoms with E-state index in [-0.39, 0.29) is 11.0 Å². The number of nitrogens with zero attached hydrogens (tertiary/aromatic N) is 1. The molecule has 2 rings (SSSR count). The fraction of sp³-hybridized carbons (Fsp3) is 0.0667. The fourth-order valence-corrected chi connectivity index (χ4v) is 2.02. The van der Waals surface area contributed by atoms with Crippen LogP contribution in [0.5, 0.6) is 5.75 Å². The molecule has 0 aliphatic rings. The summed E-state index contributed by atoms with van der Waals surface area (Å²) < 4.78 is 33.0. The molecule has 2 aromatic rings. The lowest BCUT2D eigenvalue weighted by Crippen LogP contribution is -2.25. The smallest absolute Gasteiger partial charge is 0.446 e. The minimum Gasteiger partial charge on any atom is -0.480 e. The van der Waals surface area contributed by atoms with Crippen LogP contribution in [0.1, 0.15) is 10.4 Å². The number of rotatable bonds is 6. The molecule has 27 heavy (non-hydrogen) atoms. The summed E-state index contributed by atoms with van der Waals surface area (Å²) in [4.78, 5) is 20.7. The van der Waals surface area contributed by atoms with E-state index in [1.807, 2.05) is 0 Å². The molecule has 0 atom stereocenters. The van der Waals surface area contributed by atoms with Crippen molar-refractivity contribution in [3.05, 3.63) is 60.2 Å². The minimum atomic E-state index is -4.70. The van der Waals surface area contributed by atoms with Crippen molar-refractivity contribution in [1.82, 2.24) is 0 Å². The maximum absolute atomic E-state index is 10.6. The summed E-state index contributed by atoms with van der Waals surface area (Å²) in [6.07, 6.45) is 0. The molecule has 0 bridgehead atoms. The molecule has 0 saturated carbocycles. The number of aliphatic carboxylic acids is 1. The lowest BCUT2D eigenvalue weighted by atomic mass is 10.2. The van der Waals surface area contributed by atoms with Gasteiger partial charge in [-0.05, 0) is 24.3 Å². The van der Waals surface area contributed by atoms with E-state index in [0.717, 1.165) is 12.1 Å². The predicted octanol–water partition coefficient (Wildman–Crippen LogP) is 0.708. The zero-order valence-corrected chi connectivity index (χ0v) is 14.4. The molecule has 0 spiro atoms. The first kappa shape index (κ1) is 23.8. The summed E-state index contributed by atoms with van der Waals surface area (Å²) in [6, 6.07) is 13.6. The highest BCUT2D eigenvalue weighted by atomic mass is 32.3. The lowest BCUT2D eigenvalue weighted by molar-refractivity contribution is -0.136. The molecule has 2 aromatic carbocycles. The van der Waals surface area contributed by atoms with E-state index in [9.17, 15) is 18.0 Å².